The topological polar surface area (TPSA) is 44.8 Å². The van der Waals surface area contributed by atoms with Crippen LogP contribution in [0.2, 0.25) is 0 Å². The quantitative estimate of drug-likeness (QED) is 0.429. The predicted molar refractivity (Wildman–Crippen MR) is 71.9 cm³/mol. The van der Waals surface area contributed by atoms with Crippen LogP contribution in [0.15, 0.2) is 0 Å². The average molecular weight is 389 g/mol. The number of alkyl halides is 6. The Kier molecular flexibility index (Phi) is 10.8. The molecule has 0 aliphatic heterocycles. The van der Waals surface area contributed by atoms with Crippen LogP contribution in [-0.4, -0.2) is 34.3 Å². The minimum atomic E-state index is -3.89. The molecule has 0 bridgehead atoms. The molecule has 0 aromatic heterocycles. The van der Waals surface area contributed by atoms with Gasteiger partial charge in [0.15, 0.2) is 0 Å². The second-order valence-electron chi connectivity index (χ2n) is 2.51. The molecule has 0 heterocycles. The van der Waals surface area contributed by atoms with E-state index in [0.717, 1.165) is 0 Å². The molecule has 0 rings (SSSR count). The summed E-state index contributed by atoms with van der Waals surface area (Å²) in [6.45, 7) is -0.777. The van der Waals surface area contributed by atoms with Crippen LogP contribution in [0.5, 0.6) is 0 Å². The summed E-state index contributed by atoms with van der Waals surface area (Å²) in [5.41, 5.74) is 0. The Bertz CT molecular complexity index is 213. The van der Waals surface area contributed by atoms with Gasteiger partial charge in [0.1, 0.15) is 14.5 Å². The number of phosphoric acid groups is 1. The second-order valence-corrected chi connectivity index (χ2v) is 8.01. The van der Waals surface area contributed by atoms with Crippen LogP contribution in [0.25, 0.3) is 0 Å². The Hall–Kier alpha value is 1.85. The number of hydrogen-bond donors (Lipinski definition) is 0. The van der Waals surface area contributed by atoms with E-state index in [9.17, 15) is 4.57 Å². The Morgan fingerprint density at radius 3 is 1.12 bits per heavy atom. The zero-order valence-corrected chi connectivity index (χ0v) is 13.6. The molecule has 11 heteroatoms. The normalized spacial score (nSPS) is 13.0. The van der Waals surface area contributed by atoms with E-state index >= 15 is 0 Å². The van der Waals surface area contributed by atoms with Crippen molar-refractivity contribution in [1.82, 2.24) is 0 Å². The molecule has 0 amide bonds. The lowest BCUT2D eigenvalue weighted by Crippen LogP contribution is -2.11. The molecule has 0 N–H and O–H groups in total. The van der Waals surface area contributed by atoms with Crippen LogP contribution in [0, 0.1) is 0 Å². The highest BCUT2D eigenvalue weighted by molar-refractivity contribution is 7.48. The fraction of sp³-hybridized carbons (Fsp3) is 1.00. The highest BCUT2D eigenvalue weighted by atomic mass is 35.5. The van der Waals surface area contributed by atoms with Gasteiger partial charge in [0.05, 0.1) is 19.8 Å². The summed E-state index contributed by atoms with van der Waals surface area (Å²) in [5, 5.41) is 0. The van der Waals surface area contributed by atoms with Crippen LogP contribution in [0.1, 0.15) is 0 Å². The summed E-state index contributed by atoms with van der Waals surface area (Å²) < 4.78 is 26.3. The van der Waals surface area contributed by atoms with Gasteiger partial charge in [0, 0.05) is 0 Å². The summed E-state index contributed by atoms with van der Waals surface area (Å²) in [4.78, 5) is -2.66. The van der Waals surface area contributed by atoms with Crippen molar-refractivity contribution in [2.45, 2.75) is 14.5 Å². The fourth-order valence-electron chi connectivity index (χ4n) is 0.555. The molecule has 0 fully saturated rings. The Morgan fingerprint density at radius 1 is 0.706 bits per heavy atom. The van der Waals surface area contributed by atoms with E-state index < -0.39 is 22.3 Å². The zero-order valence-electron chi connectivity index (χ0n) is 8.20. The standard InChI is InChI=1S/C6H9Cl6O4P/c7-4(8)1-14-17(13,15-2-5(9)10)16-3-6(11)12/h4-6H,1-3H2. The van der Waals surface area contributed by atoms with Gasteiger partial charge in [-0.2, -0.15) is 0 Å². The largest absolute Gasteiger partial charge is 0.475 e. The molecule has 0 aromatic carbocycles. The highest BCUT2D eigenvalue weighted by Gasteiger charge is 2.29. The van der Waals surface area contributed by atoms with Crippen LogP contribution >= 0.6 is 77.4 Å². The summed E-state index contributed by atoms with van der Waals surface area (Å²) in [7, 11) is -3.89. The molecule has 0 aliphatic carbocycles. The maximum atomic E-state index is 11.9. The van der Waals surface area contributed by atoms with Crippen molar-refractivity contribution in [3.63, 3.8) is 0 Å². The molecular formula is C6H9Cl6O4P. The van der Waals surface area contributed by atoms with Gasteiger partial charge in [0.25, 0.3) is 0 Å². The minimum Gasteiger partial charge on any atom is -0.284 e. The van der Waals surface area contributed by atoms with Crippen molar-refractivity contribution < 1.29 is 18.1 Å². The monoisotopic (exact) mass is 386 g/mol. The van der Waals surface area contributed by atoms with Gasteiger partial charge in [-0.1, -0.05) is 0 Å². The van der Waals surface area contributed by atoms with E-state index in [4.69, 9.17) is 83.2 Å². The molecule has 0 atom stereocenters. The molecule has 0 spiro atoms. The number of halogens is 6. The zero-order chi connectivity index (χ0) is 13.5. The lowest BCUT2D eigenvalue weighted by molar-refractivity contribution is 0.123. The Balaban J connectivity index is 4.29. The van der Waals surface area contributed by atoms with Gasteiger partial charge in [-0.05, 0) is 0 Å². The highest BCUT2D eigenvalue weighted by Crippen LogP contribution is 2.50. The molecule has 104 valence electrons. The molecule has 0 saturated carbocycles. The van der Waals surface area contributed by atoms with Crippen molar-refractivity contribution in [3.8, 4) is 0 Å². The number of phosphoric ester groups is 1. The van der Waals surface area contributed by atoms with E-state index in [1.54, 1.807) is 0 Å². The van der Waals surface area contributed by atoms with E-state index in [-0.39, 0.29) is 19.8 Å². The molecule has 0 radical (unpaired) electrons. The smallest absolute Gasteiger partial charge is 0.284 e. The Morgan fingerprint density at radius 2 is 0.941 bits per heavy atom. The van der Waals surface area contributed by atoms with E-state index in [2.05, 4.69) is 0 Å². The van der Waals surface area contributed by atoms with Crippen molar-refractivity contribution in [2.24, 2.45) is 0 Å². The summed E-state index contributed by atoms with van der Waals surface area (Å²) >= 11 is 32.5. The van der Waals surface area contributed by atoms with Crippen LogP contribution in [-0.2, 0) is 18.1 Å². The average Bonchev–Trinajstić information content (AvgIpc) is 2.21. The van der Waals surface area contributed by atoms with Crippen LogP contribution in [0.3, 0.4) is 0 Å². The maximum Gasteiger partial charge on any atom is 0.475 e. The third-order valence-corrected chi connectivity index (χ3v) is 3.23. The molecule has 4 nitrogen and oxygen atoms in total. The van der Waals surface area contributed by atoms with Crippen LogP contribution in [0.4, 0.5) is 0 Å². The SMILES string of the molecule is O=P(OCC(Cl)Cl)(OCC(Cl)Cl)OCC(Cl)Cl. The fourth-order valence-corrected chi connectivity index (χ4v) is 2.68. The van der Waals surface area contributed by atoms with E-state index in [1.807, 2.05) is 0 Å². The first-order valence-electron chi connectivity index (χ1n) is 4.13. The second kappa shape index (κ2) is 9.71. The van der Waals surface area contributed by atoms with E-state index in [1.165, 1.54) is 0 Å². The lowest BCUT2D eigenvalue weighted by atomic mass is 10.9. The Labute approximate surface area is 129 Å². The van der Waals surface area contributed by atoms with Gasteiger partial charge < -0.3 is 0 Å². The number of hydrogen-bond acceptors (Lipinski definition) is 4. The van der Waals surface area contributed by atoms with Crippen LogP contribution < -0.4 is 0 Å². The van der Waals surface area contributed by atoms with Gasteiger partial charge >= 0.3 is 7.82 Å². The van der Waals surface area contributed by atoms with Crippen molar-refractivity contribution in [3.05, 3.63) is 0 Å². The third-order valence-electron chi connectivity index (χ3n) is 1.08. The predicted octanol–water partition coefficient (Wildman–Crippen LogP) is 4.56. The maximum absolute atomic E-state index is 11.9. The van der Waals surface area contributed by atoms with Crippen molar-refractivity contribution in [2.75, 3.05) is 19.8 Å². The molecule has 0 saturated heterocycles. The van der Waals surface area contributed by atoms with Gasteiger partial charge in [0.2, 0.25) is 0 Å². The minimum absolute atomic E-state index is 0.259. The summed E-state index contributed by atoms with van der Waals surface area (Å²) in [6.07, 6.45) is 0. The summed E-state index contributed by atoms with van der Waals surface area (Å²) in [6, 6.07) is 0. The lowest BCUT2D eigenvalue weighted by Gasteiger charge is -2.18. The number of rotatable bonds is 9. The van der Waals surface area contributed by atoms with Gasteiger partial charge in [-0.3, -0.25) is 13.6 Å². The summed E-state index contributed by atoms with van der Waals surface area (Å²) in [5.74, 6) is 0. The van der Waals surface area contributed by atoms with Gasteiger partial charge in [-0.15, -0.1) is 69.6 Å². The molecule has 0 unspecified atom stereocenters. The van der Waals surface area contributed by atoms with E-state index in [0.29, 0.717) is 0 Å². The molecule has 0 aliphatic rings. The molecule has 0 aromatic rings. The van der Waals surface area contributed by atoms with Crippen molar-refractivity contribution >= 4 is 77.4 Å². The molecule has 17 heavy (non-hydrogen) atoms. The third kappa shape index (κ3) is 11.4. The first-order valence-corrected chi connectivity index (χ1v) is 8.21. The van der Waals surface area contributed by atoms with Crippen molar-refractivity contribution in [1.29, 1.82) is 0 Å². The molecular weight excluding hydrogens is 380 g/mol. The first kappa shape index (κ1) is 18.9. The first-order chi connectivity index (χ1) is 7.75. The van der Waals surface area contributed by atoms with Gasteiger partial charge in [-0.25, -0.2) is 4.57 Å².